The third-order valence-corrected chi connectivity index (χ3v) is 2.03. The molecule has 1 rings (SSSR count). The fraction of sp³-hybridized carbons (Fsp3) is 0.250. The van der Waals surface area contributed by atoms with Crippen LogP contribution in [0, 0.1) is 5.82 Å². The molecule has 0 spiro atoms. The van der Waals surface area contributed by atoms with Crippen molar-refractivity contribution in [2.24, 2.45) is 0 Å². The number of allylic oxidation sites excluding steroid dienone is 1. The number of aliphatic hydroxyl groups is 1. The average molecular weight is 208 g/mol. The smallest absolute Gasteiger partial charge is 0.135 e. The zero-order valence-electron chi connectivity index (χ0n) is 8.32. The van der Waals surface area contributed by atoms with E-state index in [2.05, 4.69) is 0 Å². The fourth-order valence-corrected chi connectivity index (χ4v) is 1.23. The largest absolute Gasteiger partial charge is 0.392 e. The van der Waals surface area contributed by atoms with Gasteiger partial charge in [0.05, 0.1) is 6.61 Å². The van der Waals surface area contributed by atoms with Crippen molar-refractivity contribution < 1.29 is 14.3 Å². The first kappa shape index (κ1) is 11.6. The molecule has 0 saturated heterocycles. The Morgan fingerprint density at radius 1 is 1.33 bits per heavy atom. The van der Waals surface area contributed by atoms with Gasteiger partial charge in [0, 0.05) is 17.5 Å². The minimum atomic E-state index is -0.401. The van der Waals surface area contributed by atoms with Crippen LogP contribution in [0.25, 0.3) is 6.08 Å². The number of unbranched alkanes of at least 4 members (excludes halogenated alkanes) is 1. The summed E-state index contributed by atoms with van der Waals surface area (Å²) in [4.78, 5) is 10.0. The third-order valence-electron chi connectivity index (χ3n) is 2.03. The van der Waals surface area contributed by atoms with Crippen LogP contribution < -0.4 is 0 Å². The number of halogens is 1. The Kier molecular flexibility index (Phi) is 4.71. The molecule has 0 atom stereocenters. The van der Waals surface area contributed by atoms with Crippen LogP contribution in [-0.4, -0.2) is 11.4 Å². The number of aliphatic hydroxyl groups excluding tert-OH is 1. The quantitative estimate of drug-likeness (QED) is 0.595. The molecule has 1 N–H and O–H groups in total. The summed E-state index contributed by atoms with van der Waals surface area (Å²) >= 11 is 0. The lowest BCUT2D eigenvalue weighted by Crippen LogP contribution is -1.92. The summed E-state index contributed by atoms with van der Waals surface area (Å²) in [6.45, 7) is -0.304. The van der Waals surface area contributed by atoms with Crippen molar-refractivity contribution in [1.29, 1.82) is 0 Å². The van der Waals surface area contributed by atoms with Gasteiger partial charge in [-0.05, 0) is 6.42 Å². The summed E-state index contributed by atoms with van der Waals surface area (Å²) in [7, 11) is 0. The van der Waals surface area contributed by atoms with Gasteiger partial charge in [-0.1, -0.05) is 30.4 Å². The highest BCUT2D eigenvalue weighted by molar-refractivity contribution is 5.53. The lowest BCUT2D eigenvalue weighted by molar-refractivity contribution is -0.107. The van der Waals surface area contributed by atoms with Crippen molar-refractivity contribution in [3.8, 4) is 0 Å². The number of aldehydes is 1. The Morgan fingerprint density at radius 2 is 2.13 bits per heavy atom. The standard InChI is InChI=1S/C12H13FO2/c13-12-10(5-2-1-3-8-14)6-4-7-11(12)9-15/h2,4-8,15H,1,3,9H2/b5-2+. The van der Waals surface area contributed by atoms with E-state index in [0.717, 1.165) is 6.29 Å². The van der Waals surface area contributed by atoms with Gasteiger partial charge in [-0.15, -0.1) is 0 Å². The van der Waals surface area contributed by atoms with Crippen molar-refractivity contribution in [3.63, 3.8) is 0 Å². The first-order valence-corrected chi connectivity index (χ1v) is 4.78. The second-order valence-electron chi connectivity index (χ2n) is 3.12. The Balaban J connectivity index is 2.76. The molecule has 0 saturated carbocycles. The molecule has 1 aromatic rings. The van der Waals surface area contributed by atoms with Crippen LogP contribution in [0.15, 0.2) is 24.3 Å². The van der Waals surface area contributed by atoms with Crippen molar-refractivity contribution in [3.05, 3.63) is 41.2 Å². The van der Waals surface area contributed by atoms with E-state index in [1.54, 1.807) is 24.3 Å². The molecule has 15 heavy (non-hydrogen) atoms. The molecular weight excluding hydrogens is 195 g/mol. The third kappa shape index (κ3) is 3.29. The summed E-state index contributed by atoms with van der Waals surface area (Å²) in [6, 6.07) is 4.86. The molecule has 0 fully saturated rings. The van der Waals surface area contributed by atoms with Gasteiger partial charge < -0.3 is 9.90 Å². The minimum absolute atomic E-state index is 0.285. The maximum absolute atomic E-state index is 13.5. The number of hydrogen-bond donors (Lipinski definition) is 1. The molecule has 0 bridgehead atoms. The first-order valence-electron chi connectivity index (χ1n) is 4.78. The molecule has 0 aliphatic rings. The summed E-state index contributed by atoms with van der Waals surface area (Å²) in [5, 5.41) is 8.84. The van der Waals surface area contributed by atoms with Gasteiger partial charge in [0.2, 0.25) is 0 Å². The molecule has 0 aromatic heterocycles. The highest BCUT2D eigenvalue weighted by Crippen LogP contribution is 2.14. The summed E-state index contributed by atoms with van der Waals surface area (Å²) in [6.07, 6.45) is 5.24. The Labute approximate surface area is 88.1 Å². The van der Waals surface area contributed by atoms with Gasteiger partial charge in [-0.25, -0.2) is 4.39 Å². The maximum atomic E-state index is 13.5. The van der Waals surface area contributed by atoms with Crippen molar-refractivity contribution in [2.45, 2.75) is 19.4 Å². The Hall–Kier alpha value is -1.48. The highest BCUT2D eigenvalue weighted by atomic mass is 19.1. The van der Waals surface area contributed by atoms with Gasteiger partial charge in [0.15, 0.2) is 0 Å². The van der Waals surface area contributed by atoms with Gasteiger partial charge >= 0.3 is 0 Å². The fourth-order valence-electron chi connectivity index (χ4n) is 1.23. The van der Waals surface area contributed by atoms with E-state index in [4.69, 9.17) is 5.11 Å². The molecule has 0 aliphatic heterocycles. The second kappa shape index (κ2) is 6.09. The predicted molar refractivity (Wildman–Crippen MR) is 56.7 cm³/mol. The van der Waals surface area contributed by atoms with Crippen molar-refractivity contribution in [1.82, 2.24) is 0 Å². The molecule has 0 heterocycles. The summed E-state index contributed by atoms with van der Waals surface area (Å²) < 4.78 is 13.5. The molecular formula is C12H13FO2. The van der Waals surface area contributed by atoms with Crippen LogP contribution in [-0.2, 0) is 11.4 Å². The topological polar surface area (TPSA) is 37.3 Å². The average Bonchev–Trinajstić information content (AvgIpc) is 2.26. The van der Waals surface area contributed by atoms with E-state index < -0.39 is 5.82 Å². The molecule has 0 aliphatic carbocycles. The zero-order chi connectivity index (χ0) is 11.1. The van der Waals surface area contributed by atoms with E-state index in [0.29, 0.717) is 18.4 Å². The van der Waals surface area contributed by atoms with E-state index in [-0.39, 0.29) is 12.2 Å². The van der Waals surface area contributed by atoms with Crippen LogP contribution >= 0.6 is 0 Å². The van der Waals surface area contributed by atoms with Crippen LogP contribution in [0.3, 0.4) is 0 Å². The number of carbonyl (C=O) groups excluding carboxylic acids is 1. The number of hydrogen-bond acceptors (Lipinski definition) is 2. The predicted octanol–water partition coefficient (Wildman–Crippen LogP) is 2.31. The van der Waals surface area contributed by atoms with Gasteiger partial charge in [0.1, 0.15) is 12.1 Å². The Morgan fingerprint density at radius 3 is 2.80 bits per heavy atom. The van der Waals surface area contributed by atoms with Crippen LogP contribution in [0.4, 0.5) is 4.39 Å². The van der Waals surface area contributed by atoms with Crippen LogP contribution in [0.2, 0.25) is 0 Å². The number of rotatable bonds is 5. The van der Waals surface area contributed by atoms with Crippen molar-refractivity contribution >= 4 is 12.4 Å². The molecule has 2 nitrogen and oxygen atoms in total. The van der Waals surface area contributed by atoms with Crippen molar-refractivity contribution in [2.75, 3.05) is 0 Å². The lowest BCUT2D eigenvalue weighted by atomic mass is 10.1. The molecule has 0 unspecified atom stereocenters. The SMILES string of the molecule is O=CCC/C=C/c1cccc(CO)c1F. The van der Waals surface area contributed by atoms with Gasteiger partial charge in [-0.3, -0.25) is 0 Å². The summed E-state index contributed by atoms with van der Waals surface area (Å²) in [5.74, 6) is -0.401. The zero-order valence-corrected chi connectivity index (χ0v) is 8.32. The molecule has 0 radical (unpaired) electrons. The molecule has 80 valence electrons. The monoisotopic (exact) mass is 208 g/mol. The van der Waals surface area contributed by atoms with Gasteiger partial charge in [-0.2, -0.15) is 0 Å². The molecule has 1 aromatic carbocycles. The molecule has 3 heteroatoms. The minimum Gasteiger partial charge on any atom is -0.392 e. The van der Waals surface area contributed by atoms with E-state index in [1.165, 1.54) is 6.07 Å². The number of carbonyl (C=O) groups is 1. The van der Waals surface area contributed by atoms with Crippen LogP contribution in [0.1, 0.15) is 24.0 Å². The van der Waals surface area contributed by atoms with Gasteiger partial charge in [0.25, 0.3) is 0 Å². The second-order valence-corrected chi connectivity index (χ2v) is 3.12. The highest BCUT2D eigenvalue weighted by Gasteiger charge is 2.03. The summed E-state index contributed by atoms with van der Waals surface area (Å²) in [5.41, 5.74) is 0.722. The lowest BCUT2D eigenvalue weighted by Gasteiger charge is -2.01. The Bertz CT molecular complexity index is 359. The number of benzene rings is 1. The molecule has 0 amide bonds. The van der Waals surface area contributed by atoms with Crippen LogP contribution in [0.5, 0.6) is 0 Å². The normalized spacial score (nSPS) is 10.8. The van der Waals surface area contributed by atoms with E-state index in [1.807, 2.05) is 0 Å². The first-order chi connectivity index (χ1) is 7.29. The maximum Gasteiger partial charge on any atom is 0.135 e. The van der Waals surface area contributed by atoms with E-state index >= 15 is 0 Å². The van der Waals surface area contributed by atoms with E-state index in [9.17, 15) is 9.18 Å².